The first-order valence-corrected chi connectivity index (χ1v) is 7.58. The number of rotatable bonds is 9. The molecule has 0 radical (unpaired) electrons. The maximum absolute atomic E-state index is 11.5. The summed E-state index contributed by atoms with van der Waals surface area (Å²) < 4.78 is 14.7. The molecule has 19 heavy (non-hydrogen) atoms. The van der Waals surface area contributed by atoms with E-state index in [1.807, 2.05) is 25.1 Å². The third kappa shape index (κ3) is 7.16. The first-order chi connectivity index (χ1) is 9.09. The molecule has 2 unspecified atom stereocenters. The van der Waals surface area contributed by atoms with Gasteiger partial charge in [0.05, 0.1) is 0 Å². The van der Waals surface area contributed by atoms with E-state index in [4.69, 9.17) is 4.89 Å². The van der Waals surface area contributed by atoms with Crippen molar-refractivity contribution in [1.82, 2.24) is 0 Å². The Bertz CT molecular complexity index is 405. The minimum Gasteiger partial charge on any atom is -0.297 e. The molecule has 0 aliphatic rings. The van der Waals surface area contributed by atoms with E-state index < -0.39 is 8.25 Å². The average Bonchev–Trinajstić information content (AvgIpc) is 2.41. The van der Waals surface area contributed by atoms with Crippen LogP contribution in [0.3, 0.4) is 0 Å². The molecule has 1 N–H and O–H groups in total. The Kier molecular flexibility index (Phi) is 7.49. The second kappa shape index (κ2) is 8.92. The number of aryl methyl sites for hydroxylation is 1. The summed E-state index contributed by atoms with van der Waals surface area (Å²) in [6, 6.07) is 10.2. The van der Waals surface area contributed by atoms with Crippen LogP contribution in [-0.2, 0) is 20.3 Å². The van der Waals surface area contributed by atoms with Crippen LogP contribution in [0, 0.1) is 5.92 Å². The molecule has 5 heteroatoms. The van der Waals surface area contributed by atoms with Gasteiger partial charge in [-0.2, -0.15) is 0 Å². The molecule has 2 atom stereocenters. The number of carbonyl (C=O) groups excluding carboxylic acids is 1. The maximum atomic E-state index is 11.5. The van der Waals surface area contributed by atoms with Crippen LogP contribution in [0.2, 0.25) is 0 Å². The van der Waals surface area contributed by atoms with Crippen molar-refractivity contribution in [2.45, 2.75) is 32.6 Å². The number of hydrogen-bond acceptors (Lipinski definition) is 3. The van der Waals surface area contributed by atoms with Crippen LogP contribution in [0.25, 0.3) is 0 Å². The summed E-state index contributed by atoms with van der Waals surface area (Å²) in [7, 11) is -2.67. The van der Waals surface area contributed by atoms with Crippen LogP contribution >= 0.6 is 8.25 Å². The van der Waals surface area contributed by atoms with E-state index >= 15 is 0 Å². The highest BCUT2D eigenvalue weighted by atomic mass is 31.1. The number of benzene rings is 1. The van der Waals surface area contributed by atoms with E-state index in [0.717, 1.165) is 25.7 Å². The predicted octanol–water partition coefficient (Wildman–Crippen LogP) is 3.27. The molecule has 0 bridgehead atoms. The fourth-order valence-electron chi connectivity index (χ4n) is 1.85. The first-order valence-electron chi connectivity index (χ1n) is 6.45. The van der Waals surface area contributed by atoms with E-state index in [1.165, 1.54) is 5.56 Å². The lowest BCUT2D eigenvalue weighted by molar-refractivity contribution is -0.124. The minimum atomic E-state index is -2.67. The van der Waals surface area contributed by atoms with Crippen molar-refractivity contribution in [2.24, 2.45) is 5.92 Å². The van der Waals surface area contributed by atoms with Gasteiger partial charge in [-0.1, -0.05) is 43.7 Å². The van der Waals surface area contributed by atoms with Gasteiger partial charge in [0.2, 0.25) is 0 Å². The van der Waals surface area contributed by atoms with Crippen molar-refractivity contribution in [1.29, 1.82) is 0 Å². The second-order valence-electron chi connectivity index (χ2n) is 4.61. The Morgan fingerprint density at radius 2 is 2.00 bits per heavy atom. The third-order valence-electron chi connectivity index (χ3n) is 3.06. The van der Waals surface area contributed by atoms with Gasteiger partial charge in [0.25, 0.3) is 0 Å². The topological polar surface area (TPSA) is 63.6 Å². The zero-order valence-corrected chi connectivity index (χ0v) is 12.0. The van der Waals surface area contributed by atoms with Gasteiger partial charge in [0, 0.05) is 10.5 Å². The molecule has 1 rings (SSSR count). The third-order valence-corrected chi connectivity index (χ3v) is 3.41. The Labute approximate surface area is 114 Å². The van der Waals surface area contributed by atoms with Crippen molar-refractivity contribution < 1.29 is 18.8 Å². The van der Waals surface area contributed by atoms with Crippen LogP contribution in [0.1, 0.15) is 31.7 Å². The Balaban J connectivity index is 2.14. The number of ketones is 1. The molecule has 0 aromatic heterocycles. The molecule has 0 heterocycles. The zero-order valence-electron chi connectivity index (χ0n) is 11.1. The summed E-state index contributed by atoms with van der Waals surface area (Å²) in [6.07, 6.45) is 3.81. The summed E-state index contributed by atoms with van der Waals surface area (Å²) in [5, 5.41) is 0. The van der Waals surface area contributed by atoms with E-state index in [9.17, 15) is 9.36 Å². The van der Waals surface area contributed by atoms with Crippen molar-refractivity contribution in [3.8, 4) is 0 Å². The van der Waals surface area contributed by atoms with Crippen LogP contribution in [0.5, 0.6) is 0 Å². The molecule has 4 nitrogen and oxygen atoms in total. The number of hydrogen-bond donors (Lipinski definition) is 1. The van der Waals surface area contributed by atoms with Crippen molar-refractivity contribution >= 4 is 14.0 Å². The summed E-state index contributed by atoms with van der Waals surface area (Å²) in [4.78, 5) is 20.0. The molecule has 1 aromatic carbocycles. The summed E-state index contributed by atoms with van der Waals surface area (Å²) in [5.74, 6) is -0.233. The summed E-state index contributed by atoms with van der Waals surface area (Å²) in [6.45, 7) is 1.56. The highest BCUT2D eigenvalue weighted by Gasteiger charge is 2.19. The minimum absolute atomic E-state index is 0.114. The van der Waals surface area contributed by atoms with Crippen molar-refractivity contribution in [2.75, 3.05) is 6.61 Å². The molecular formula is C14H20O4P+. The monoisotopic (exact) mass is 283 g/mol. The first kappa shape index (κ1) is 16.0. The normalized spacial score (nSPS) is 13.1. The lowest BCUT2D eigenvalue weighted by Crippen LogP contribution is -2.15. The van der Waals surface area contributed by atoms with Gasteiger partial charge in [-0.3, -0.25) is 4.79 Å². The van der Waals surface area contributed by atoms with Crippen LogP contribution in [0.4, 0.5) is 0 Å². The van der Waals surface area contributed by atoms with Crippen LogP contribution < -0.4 is 0 Å². The highest BCUT2D eigenvalue weighted by Crippen LogP contribution is 2.17. The molecule has 0 saturated carbocycles. The lowest BCUT2D eigenvalue weighted by Gasteiger charge is -2.08. The van der Waals surface area contributed by atoms with Crippen LogP contribution in [0.15, 0.2) is 30.3 Å². The number of unbranched alkanes of at least 4 members (excludes halogenated alkanes) is 1. The number of carbonyl (C=O) groups is 1. The Morgan fingerprint density at radius 1 is 1.32 bits per heavy atom. The highest BCUT2D eigenvalue weighted by molar-refractivity contribution is 7.32. The molecular weight excluding hydrogens is 263 g/mol. The van der Waals surface area contributed by atoms with Gasteiger partial charge >= 0.3 is 8.25 Å². The predicted molar refractivity (Wildman–Crippen MR) is 73.9 cm³/mol. The average molecular weight is 283 g/mol. The molecule has 0 aliphatic heterocycles. The Hall–Kier alpha value is -1.09. The second-order valence-corrected chi connectivity index (χ2v) is 5.34. The van der Waals surface area contributed by atoms with Gasteiger partial charge in [0.15, 0.2) is 12.4 Å². The van der Waals surface area contributed by atoms with E-state index in [0.29, 0.717) is 0 Å². The van der Waals surface area contributed by atoms with Gasteiger partial charge in [-0.25, -0.2) is 0 Å². The van der Waals surface area contributed by atoms with Gasteiger partial charge in [0.1, 0.15) is 0 Å². The Morgan fingerprint density at radius 3 is 2.63 bits per heavy atom. The zero-order chi connectivity index (χ0) is 14.1. The SMILES string of the molecule is CC(CCCCc1ccccc1)C(=O)CO[P+](=O)O. The fraction of sp³-hybridized carbons (Fsp3) is 0.500. The van der Waals surface area contributed by atoms with E-state index in [-0.39, 0.29) is 18.3 Å². The van der Waals surface area contributed by atoms with Crippen LogP contribution in [-0.4, -0.2) is 17.3 Å². The molecule has 0 spiro atoms. The number of Topliss-reactive ketones (excluding diaryl/α,β-unsaturated/α-hetero) is 1. The summed E-state index contributed by atoms with van der Waals surface area (Å²) >= 11 is 0. The van der Waals surface area contributed by atoms with Gasteiger partial charge in [-0.05, 0) is 24.8 Å². The van der Waals surface area contributed by atoms with E-state index in [1.54, 1.807) is 0 Å². The fourth-order valence-corrected chi connectivity index (χ4v) is 2.08. The summed E-state index contributed by atoms with van der Waals surface area (Å²) in [5.41, 5.74) is 1.31. The molecule has 104 valence electrons. The quantitative estimate of drug-likeness (QED) is 0.558. The smallest absolute Gasteiger partial charge is 0.297 e. The molecule has 0 amide bonds. The molecule has 0 saturated heterocycles. The van der Waals surface area contributed by atoms with Crippen molar-refractivity contribution in [3.05, 3.63) is 35.9 Å². The molecule has 0 fully saturated rings. The maximum Gasteiger partial charge on any atom is 0.695 e. The molecule has 1 aromatic rings. The molecule has 0 aliphatic carbocycles. The van der Waals surface area contributed by atoms with E-state index in [2.05, 4.69) is 16.7 Å². The largest absolute Gasteiger partial charge is 0.695 e. The lowest BCUT2D eigenvalue weighted by atomic mass is 9.98. The van der Waals surface area contributed by atoms with Crippen molar-refractivity contribution in [3.63, 3.8) is 0 Å². The van der Waals surface area contributed by atoms with Gasteiger partial charge < -0.3 is 0 Å². The van der Waals surface area contributed by atoms with Gasteiger partial charge in [-0.15, -0.1) is 9.42 Å². The standard InChI is InChI=1S/C14H19O4P/c1-12(14(15)11-18-19(16)17)7-5-6-10-13-8-3-2-4-9-13/h2-4,8-9,12H,5-7,10-11H2,1H3/p+1.